The minimum absolute atomic E-state index is 0.0592. The van der Waals surface area contributed by atoms with E-state index in [9.17, 15) is 16.8 Å². The lowest BCUT2D eigenvalue weighted by atomic mass is 10.1. The lowest BCUT2D eigenvalue weighted by molar-refractivity contribution is 0.572. The summed E-state index contributed by atoms with van der Waals surface area (Å²) in [6.45, 7) is 4.43. The molecule has 4 nitrogen and oxygen atoms in total. The van der Waals surface area contributed by atoms with E-state index in [1.54, 1.807) is 45.3 Å². The molecule has 0 atom stereocenters. The first-order valence-corrected chi connectivity index (χ1v) is 28.5. The van der Waals surface area contributed by atoms with Crippen molar-refractivity contribution in [1.29, 1.82) is 0 Å². The summed E-state index contributed by atoms with van der Waals surface area (Å²) in [4.78, 5) is 10.0. The zero-order valence-corrected chi connectivity index (χ0v) is 39.1. The van der Waals surface area contributed by atoms with Crippen LogP contribution in [0, 0.1) is 0 Å². The van der Waals surface area contributed by atoms with Gasteiger partial charge in [-0.2, -0.15) is 0 Å². The highest BCUT2D eigenvalue weighted by Gasteiger charge is 2.31. The summed E-state index contributed by atoms with van der Waals surface area (Å²) in [7, 11) is -7.42. The third-order valence-corrected chi connectivity index (χ3v) is 21.1. The van der Waals surface area contributed by atoms with E-state index in [4.69, 9.17) is 0 Å². The summed E-state index contributed by atoms with van der Waals surface area (Å²) >= 11 is 9.53. The Labute approximate surface area is 359 Å². The van der Waals surface area contributed by atoms with Crippen LogP contribution in [0.15, 0.2) is 81.2 Å². The molecular weight excluding hydrogens is 849 g/mol. The van der Waals surface area contributed by atoms with Gasteiger partial charge in [-0.3, -0.25) is 0 Å². The zero-order chi connectivity index (χ0) is 39.4. The number of hydrogen-bond donors (Lipinski definition) is 0. The van der Waals surface area contributed by atoms with Crippen LogP contribution in [0.25, 0.3) is 48.8 Å². The maximum Gasteiger partial charge on any atom is 0.179 e. The molecular formula is C44H54O4S8. The average molecular weight is 903 g/mol. The van der Waals surface area contributed by atoms with E-state index in [-0.39, 0.29) is 21.3 Å². The van der Waals surface area contributed by atoms with Gasteiger partial charge in [-0.05, 0) is 72.1 Å². The highest BCUT2D eigenvalue weighted by molar-refractivity contribution is 7.92. The molecule has 6 aromatic rings. The Bertz CT molecular complexity index is 2120. The number of unbranched alkanes of at least 4 members (excludes halogenated alkanes) is 14. The number of sulfone groups is 2. The Kier molecular flexibility index (Phi) is 16.7. The molecule has 6 rings (SSSR count). The summed E-state index contributed by atoms with van der Waals surface area (Å²) in [5, 5.41) is 4.13. The monoisotopic (exact) mass is 902 g/mol. The van der Waals surface area contributed by atoms with Crippen LogP contribution >= 0.6 is 68.0 Å². The normalized spacial score (nSPS) is 12.2. The van der Waals surface area contributed by atoms with Gasteiger partial charge >= 0.3 is 0 Å². The molecule has 0 amide bonds. The van der Waals surface area contributed by atoms with Crippen molar-refractivity contribution in [1.82, 2.24) is 0 Å². The van der Waals surface area contributed by atoms with Crippen molar-refractivity contribution in [2.45, 2.75) is 126 Å². The first-order chi connectivity index (χ1) is 27.2. The van der Waals surface area contributed by atoms with Crippen molar-refractivity contribution < 1.29 is 16.8 Å². The van der Waals surface area contributed by atoms with Gasteiger partial charge in [-0.1, -0.05) is 116 Å². The molecule has 0 spiro atoms. The van der Waals surface area contributed by atoms with E-state index >= 15 is 0 Å². The van der Waals surface area contributed by atoms with Gasteiger partial charge < -0.3 is 0 Å². The van der Waals surface area contributed by atoms with Crippen LogP contribution in [-0.2, 0) is 19.7 Å². The van der Waals surface area contributed by atoms with Gasteiger partial charge in [0.1, 0.15) is 0 Å². The zero-order valence-electron chi connectivity index (χ0n) is 32.6. The lowest BCUT2D eigenvalue weighted by Crippen LogP contribution is -2.09. The predicted octanol–water partition coefficient (Wildman–Crippen LogP) is 16.2. The highest BCUT2D eigenvalue weighted by Crippen LogP contribution is 2.51. The maximum absolute atomic E-state index is 14.4. The molecule has 0 bridgehead atoms. The predicted molar refractivity (Wildman–Crippen MR) is 250 cm³/mol. The summed E-state index contributed by atoms with van der Waals surface area (Å²) < 4.78 is 57.7. The topological polar surface area (TPSA) is 68.3 Å². The molecule has 6 heterocycles. The van der Waals surface area contributed by atoms with Gasteiger partial charge in [-0.15, -0.1) is 68.0 Å². The smallest absolute Gasteiger partial charge is 0.179 e. The molecule has 0 N–H and O–H groups in total. The van der Waals surface area contributed by atoms with E-state index in [0.717, 1.165) is 67.8 Å². The first-order valence-electron chi connectivity index (χ1n) is 20.2. The molecule has 0 fully saturated rings. The quantitative estimate of drug-likeness (QED) is 0.0537. The van der Waals surface area contributed by atoms with Crippen LogP contribution in [0.3, 0.4) is 0 Å². The number of hydrogen-bond acceptors (Lipinski definition) is 10. The Balaban J connectivity index is 1.35. The standard InChI is InChI=1S/C44H54O4S8/c1-3-5-7-9-11-13-15-17-29-55(45,46)41-31-39(37-25-23-35(51-37)33-21-19-27-49-33)53-43(41)44-42(56(47,48)30-18-16-14-12-10-8-6-4-2)32-40(54-44)38-26-24-36(52-38)34-22-20-28-50-34/h19-28,31-32H,3-18,29-30H2,1-2H3. The Hall–Kier alpha value is -1.90. The van der Waals surface area contributed by atoms with Crippen molar-refractivity contribution in [3.8, 4) is 48.8 Å². The number of rotatable bonds is 25. The van der Waals surface area contributed by atoms with Crippen molar-refractivity contribution in [3.63, 3.8) is 0 Å². The van der Waals surface area contributed by atoms with E-state index in [1.165, 1.54) is 83.8 Å². The van der Waals surface area contributed by atoms with E-state index < -0.39 is 19.7 Å². The maximum atomic E-state index is 14.4. The molecule has 0 radical (unpaired) electrons. The van der Waals surface area contributed by atoms with Crippen molar-refractivity contribution in [2.75, 3.05) is 11.5 Å². The van der Waals surface area contributed by atoms with E-state index in [0.29, 0.717) is 22.6 Å². The fraction of sp³-hybridized carbons (Fsp3) is 0.455. The second-order valence-electron chi connectivity index (χ2n) is 14.5. The van der Waals surface area contributed by atoms with Crippen molar-refractivity contribution >= 4 is 87.7 Å². The van der Waals surface area contributed by atoms with Crippen LogP contribution in [-0.4, -0.2) is 28.3 Å². The summed E-state index contributed by atoms with van der Waals surface area (Å²) in [5.74, 6) is 0.118. The van der Waals surface area contributed by atoms with Gasteiger partial charge in [0.15, 0.2) is 19.7 Å². The molecule has 302 valence electrons. The summed E-state index contributed by atoms with van der Waals surface area (Å²) in [5.41, 5.74) is 0. The first kappa shape index (κ1) is 43.7. The molecule has 0 aliphatic heterocycles. The SMILES string of the molecule is CCCCCCCCCCS(=O)(=O)c1cc(-c2ccc(-c3cccs3)s2)sc1-c1sc(-c2ccc(-c3cccs3)s2)cc1S(=O)(=O)CCCCCCCCCC. The number of thiophene rings is 6. The van der Waals surface area contributed by atoms with Crippen molar-refractivity contribution in [3.05, 3.63) is 71.4 Å². The molecule has 56 heavy (non-hydrogen) atoms. The molecule has 0 saturated carbocycles. The van der Waals surface area contributed by atoms with Crippen LogP contribution in [0.5, 0.6) is 0 Å². The van der Waals surface area contributed by atoms with Gasteiger partial charge in [0, 0.05) is 39.0 Å². The second-order valence-corrected chi connectivity index (χ2v) is 24.8. The van der Waals surface area contributed by atoms with Gasteiger partial charge in [-0.25, -0.2) is 16.8 Å². The highest BCUT2D eigenvalue weighted by atomic mass is 32.2. The molecule has 0 aliphatic carbocycles. The van der Waals surface area contributed by atoms with Gasteiger partial charge in [0.25, 0.3) is 0 Å². The van der Waals surface area contributed by atoms with Crippen LogP contribution in [0.1, 0.15) is 117 Å². The van der Waals surface area contributed by atoms with E-state index in [2.05, 4.69) is 61.0 Å². The van der Waals surface area contributed by atoms with E-state index in [1.807, 2.05) is 24.3 Å². The third kappa shape index (κ3) is 11.6. The molecule has 0 unspecified atom stereocenters. The Morgan fingerprint density at radius 2 is 0.732 bits per heavy atom. The average Bonchev–Trinajstić information content (AvgIpc) is 4.03. The Morgan fingerprint density at radius 3 is 1.07 bits per heavy atom. The van der Waals surface area contributed by atoms with Crippen LogP contribution < -0.4 is 0 Å². The molecule has 6 aromatic heterocycles. The minimum atomic E-state index is -3.71. The summed E-state index contributed by atoms with van der Waals surface area (Å²) in [6.07, 6.45) is 17.1. The van der Waals surface area contributed by atoms with Crippen LogP contribution in [0.2, 0.25) is 0 Å². The third-order valence-electron chi connectivity index (χ3n) is 10.0. The Morgan fingerprint density at radius 1 is 0.393 bits per heavy atom. The molecule has 0 saturated heterocycles. The van der Waals surface area contributed by atoms with Crippen molar-refractivity contribution in [2.24, 2.45) is 0 Å². The molecule has 0 aliphatic rings. The fourth-order valence-corrected chi connectivity index (χ4v) is 17.3. The van der Waals surface area contributed by atoms with Crippen LogP contribution in [0.4, 0.5) is 0 Å². The molecule has 0 aromatic carbocycles. The molecule has 12 heteroatoms. The minimum Gasteiger partial charge on any atom is -0.224 e. The summed E-state index contributed by atoms with van der Waals surface area (Å²) in [6, 6.07) is 20.3. The van der Waals surface area contributed by atoms with Gasteiger partial charge in [0.05, 0.1) is 31.1 Å². The van der Waals surface area contributed by atoms with Gasteiger partial charge in [0.2, 0.25) is 0 Å². The second kappa shape index (κ2) is 21.4. The largest absolute Gasteiger partial charge is 0.224 e. The lowest BCUT2D eigenvalue weighted by Gasteiger charge is -2.08. The fourth-order valence-electron chi connectivity index (χ4n) is 6.88.